The average Bonchev–Trinajstić information content (AvgIpc) is 2.10. The number of likely N-dealkylation sites (tertiary alicyclic amines) is 1. The number of hydrogen-bond acceptors (Lipinski definition) is 3. The molecule has 0 atom stereocenters. The standard InChI is InChI=1S/C9H20N2S/c1-4-11(12-3)9-5-7-10(2)8-6-9/h9H,4-8H2,1-3H3. The zero-order valence-corrected chi connectivity index (χ0v) is 9.23. The van der Waals surface area contributed by atoms with Crippen molar-refractivity contribution in [3.63, 3.8) is 0 Å². The number of rotatable bonds is 3. The summed E-state index contributed by atoms with van der Waals surface area (Å²) >= 11 is 1.89. The molecular formula is C9H20N2S. The van der Waals surface area contributed by atoms with Crippen molar-refractivity contribution in [1.29, 1.82) is 0 Å². The summed E-state index contributed by atoms with van der Waals surface area (Å²) in [5, 5.41) is 0. The Kier molecular flexibility index (Phi) is 4.40. The summed E-state index contributed by atoms with van der Waals surface area (Å²) in [6.45, 7) is 5.95. The Morgan fingerprint density at radius 1 is 1.42 bits per heavy atom. The summed E-state index contributed by atoms with van der Waals surface area (Å²) in [6.07, 6.45) is 4.86. The first kappa shape index (κ1) is 10.4. The largest absolute Gasteiger partial charge is 0.306 e. The molecule has 0 aromatic carbocycles. The predicted molar refractivity (Wildman–Crippen MR) is 56.4 cm³/mol. The number of piperidine rings is 1. The molecule has 0 aromatic rings. The van der Waals surface area contributed by atoms with Gasteiger partial charge < -0.3 is 4.90 Å². The van der Waals surface area contributed by atoms with E-state index in [4.69, 9.17) is 0 Å². The minimum Gasteiger partial charge on any atom is -0.306 e. The summed E-state index contributed by atoms with van der Waals surface area (Å²) in [7, 11) is 2.21. The highest BCUT2D eigenvalue weighted by molar-refractivity contribution is 7.96. The SMILES string of the molecule is CCN(SC)C1CCN(C)CC1. The van der Waals surface area contributed by atoms with Gasteiger partial charge in [0.15, 0.2) is 0 Å². The van der Waals surface area contributed by atoms with Gasteiger partial charge in [-0.15, -0.1) is 0 Å². The summed E-state index contributed by atoms with van der Waals surface area (Å²) in [5.41, 5.74) is 0. The molecule has 0 amide bonds. The first-order valence-corrected chi connectivity index (χ1v) is 5.95. The van der Waals surface area contributed by atoms with Crippen LogP contribution in [0.3, 0.4) is 0 Å². The smallest absolute Gasteiger partial charge is 0.0226 e. The van der Waals surface area contributed by atoms with Crippen LogP contribution in [0, 0.1) is 0 Å². The van der Waals surface area contributed by atoms with Gasteiger partial charge in [0.05, 0.1) is 0 Å². The molecule has 2 nitrogen and oxygen atoms in total. The van der Waals surface area contributed by atoms with Gasteiger partial charge in [-0.1, -0.05) is 18.9 Å². The van der Waals surface area contributed by atoms with E-state index in [1.54, 1.807) is 0 Å². The Balaban J connectivity index is 2.32. The van der Waals surface area contributed by atoms with Crippen molar-refractivity contribution in [2.24, 2.45) is 0 Å². The third kappa shape index (κ3) is 2.64. The Bertz CT molecular complexity index is 118. The molecule has 0 saturated carbocycles. The van der Waals surface area contributed by atoms with Gasteiger partial charge in [-0.25, -0.2) is 4.31 Å². The zero-order valence-electron chi connectivity index (χ0n) is 8.42. The van der Waals surface area contributed by atoms with Crippen LogP contribution in [0.2, 0.25) is 0 Å². The molecule has 1 rings (SSSR count). The minimum absolute atomic E-state index is 0.821. The lowest BCUT2D eigenvalue weighted by Gasteiger charge is -2.35. The highest BCUT2D eigenvalue weighted by Crippen LogP contribution is 2.20. The van der Waals surface area contributed by atoms with Crippen LogP contribution < -0.4 is 0 Å². The molecule has 1 aliphatic rings. The monoisotopic (exact) mass is 188 g/mol. The van der Waals surface area contributed by atoms with Gasteiger partial charge in [0.25, 0.3) is 0 Å². The molecule has 0 spiro atoms. The van der Waals surface area contributed by atoms with Crippen LogP contribution in [-0.4, -0.2) is 48.2 Å². The van der Waals surface area contributed by atoms with Gasteiger partial charge in [-0.3, -0.25) is 0 Å². The van der Waals surface area contributed by atoms with Gasteiger partial charge in [0, 0.05) is 12.6 Å². The fourth-order valence-corrected chi connectivity index (χ4v) is 2.59. The molecule has 1 heterocycles. The third-order valence-electron chi connectivity index (χ3n) is 2.64. The Hall–Kier alpha value is 0.270. The average molecular weight is 188 g/mol. The molecule has 72 valence electrons. The van der Waals surface area contributed by atoms with Crippen LogP contribution in [0.15, 0.2) is 0 Å². The highest BCUT2D eigenvalue weighted by atomic mass is 32.2. The minimum atomic E-state index is 0.821. The first-order chi connectivity index (χ1) is 5.77. The second kappa shape index (κ2) is 5.10. The van der Waals surface area contributed by atoms with Gasteiger partial charge in [-0.05, 0) is 39.2 Å². The predicted octanol–water partition coefficient (Wildman–Crippen LogP) is 1.68. The van der Waals surface area contributed by atoms with Crippen LogP contribution in [-0.2, 0) is 0 Å². The van der Waals surface area contributed by atoms with Crippen molar-refractivity contribution in [3.05, 3.63) is 0 Å². The first-order valence-electron chi connectivity index (χ1n) is 4.77. The van der Waals surface area contributed by atoms with Crippen LogP contribution in [0.25, 0.3) is 0 Å². The van der Waals surface area contributed by atoms with Crippen molar-refractivity contribution in [3.8, 4) is 0 Å². The maximum absolute atomic E-state index is 2.51. The Labute approximate surface area is 80.4 Å². The van der Waals surface area contributed by atoms with Gasteiger partial charge in [-0.2, -0.15) is 0 Å². The van der Waals surface area contributed by atoms with E-state index in [9.17, 15) is 0 Å². The normalized spacial score (nSPS) is 22.0. The second-order valence-electron chi connectivity index (χ2n) is 3.45. The lowest BCUT2D eigenvalue weighted by molar-refractivity contribution is 0.195. The lowest BCUT2D eigenvalue weighted by Crippen LogP contribution is -2.40. The summed E-state index contributed by atoms with van der Waals surface area (Å²) < 4.78 is 2.51. The summed E-state index contributed by atoms with van der Waals surface area (Å²) in [6, 6.07) is 0.821. The lowest BCUT2D eigenvalue weighted by atomic mass is 10.1. The van der Waals surface area contributed by atoms with E-state index < -0.39 is 0 Å². The van der Waals surface area contributed by atoms with E-state index in [0.29, 0.717) is 0 Å². The topological polar surface area (TPSA) is 6.48 Å². The van der Waals surface area contributed by atoms with E-state index in [1.165, 1.54) is 32.5 Å². The van der Waals surface area contributed by atoms with Crippen LogP contribution in [0.4, 0.5) is 0 Å². The Morgan fingerprint density at radius 2 is 2.00 bits per heavy atom. The third-order valence-corrected chi connectivity index (χ3v) is 3.67. The van der Waals surface area contributed by atoms with Gasteiger partial charge in [0.1, 0.15) is 0 Å². The molecule has 0 N–H and O–H groups in total. The highest BCUT2D eigenvalue weighted by Gasteiger charge is 2.21. The van der Waals surface area contributed by atoms with Crippen molar-refractivity contribution >= 4 is 11.9 Å². The maximum atomic E-state index is 2.51. The molecular weight excluding hydrogens is 168 g/mol. The molecule has 3 heteroatoms. The molecule has 0 bridgehead atoms. The molecule has 1 aliphatic heterocycles. The summed E-state index contributed by atoms with van der Waals surface area (Å²) in [4.78, 5) is 2.42. The fraction of sp³-hybridized carbons (Fsp3) is 1.00. The van der Waals surface area contributed by atoms with Crippen molar-refractivity contribution in [2.45, 2.75) is 25.8 Å². The summed E-state index contributed by atoms with van der Waals surface area (Å²) in [5.74, 6) is 0. The van der Waals surface area contributed by atoms with Crippen LogP contribution in [0.5, 0.6) is 0 Å². The van der Waals surface area contributed by atoms with E-state index >= 15 is 0 Å². The fourth-order valence-electron chi connectivity index (χ4n) is 1.82. The molecule has 0 aliphatic carbocycles. The molecule has 0 radical (unpaired) electrons. The van der Waals surface area contributed by atoms with Crippen molar-refractivity contribution < 1.29 is 0 Å². The van der Waals surface area contributed by atoms with Crippen LogP contribution in [0.1, 0.15) is 19.8 Å². The second-order valence-corrected chi connectivity index (χ2v) is 4.28. The number of nitrogens with zero attached hydrogens (tertiary/aromatic N) is 2. The molecule has 1 fully saturated rings. The Morgan fingerprint density at radius 3 is 2.42 bits per heavy atom. The van der Waals surface area contributed by atoms with E-state index in [0.717, 1.165) is 6.04 Å². The molecule has 0 aromatic heterocycles. The number of hydrogen-bond donors (Lipinski definition) is 0. The zero-order chi connectivity index (χ0) is 8.97. The molecule has 1 saturated heterocycles. The van der Waals surface area contributed by atoms with Crippen molar-refractivity contribution in [2.75, 3.05) is 32.9 Å². The van der Waals surface area contributed by atoms with Crippen molar-refractivity contribution in [1.82, 2.24) is 9.21 Å². The maximum Gasteiger partial charge on any atom is 0.0226 e. The van der Waals surface area contributed by atoms with Crippen LogP contribution >= 0.6 is 11.9 Å². The van der Waals surface area contributed by atoms with Gasteiger partial charge >= 0.3 is 0 Å². The molecule has 12 heavy (non-hydrogen) atoms. The van der Waals surface area contributed by atoms with E-state index in [1.807, 2.05) is 11.9 Å². The van der Waals surface area contributed by atoms with Gasteiger partial charge in [0.2, 0.25) is 0 Å². The van der Waals surface area contributed by atoms with E-state index in [2.05, 4.69) is 29.4 Å². The van der Waals surface area contributed by atoms with E-state index in [-0.39, 0.29) is 0 Å². The quantitative estimate of drug-likeness (QED) is 0.622. The molecule has 0 unspecified atom stereocenters.